The maximum absolute atomic E-state index is 12.0. The van der Waals surface area contributed by atoms with Crippen molar-refractivity contribution in [3.8, 4) is 0 Å². The Kier molecular flexibility index (Phi) is 13.4. The summed E-state index contributed by atoms with van der Waals surface area (Å²) < 4.78 is 0. The first-order valence-electron chi connectivity index (χ1n) is 11.2. The third kappa shape index (κ3) is 12.9. The average molecular weight is 441 g/mol. The van der Waals surface area contributed by atoms with Gasteiger partial charge < -0.3 is 31.2 Å². The van der Waals surface area contributed by atoms with Gasteiger partial charge in [0.15, 0.2) is 0 Å². The molecular formula is C20H36BN3O7. The summed E-state index contributed by atoms with van der Waals surface area (Å²) in [7, 11) is 0.982. The molecule has 0 saturated heterocycles. The van der Waals surface area contributed by atoms with Gasteiger partial charge in [-0.15, -0.1) is 0 Å². The Hall–Kier alpha value is -2.30. The second kappa shape index (κ2) is 15.5. The summed E-state index contributed by atoms with van der Waals surface area (Å²) >= 11 is 0. The van der Waals surface area contributed by atoms with Gasteiger partial charge in [-0.2, -0.15) is 0 Å². The zero-order valence-electron chi connectivity index (χ0n) is 18.1. The van der Waals surface area contributed by atoms with Gasteiger partial charge in [0, 0.05) is 6.42 Å². The van der Waals surface area contributed by atoms with E-state index in [9.17, 15) is 24.3 Å². The van der Waals surface area contributed by atoms with Crippen LogP contribution in [0, 0.1) is 0 Å². The van der Waals surface area contributed by atoms with Crippen LogP contribution in [0.15, 0.2) is 0 Å². The number of carboxylic acid groups (broad SMARTS) is 3. The molecular weight excluding hydrogens is 405 g/mol. The van der Waals surface area contributed by atoms with Crippen LogP contribution in [0.1, 0.15) is 77.0 Å². The molecule has 2 amide bonds. The Balaban J connectivity index is 2.28. The fourth-order valence-electron chi connectivity index (χ4n) is 3.79. The van der Waals surface area contributed by atoms with Gasteiger partial charge in [-0.3, -0.25) is 4.79 Å². The van der Waals surface area contributed by atoms with E-state index in [4.69, 9.17) is 10.2 Å². The Morgan fingerprint density at radius 3 is 1.90 bits per heavy atom. The van der Waals surface area contributed by atoms with Crippen molar-refractivity contribution in [1.29, 1.82) is 0 Å². The van der Waals surface area contributed by atoms with Gasteiger partial charge in [-0.05, 0) is 32.2 Å². The summed E-state index contributed by atoms with van der Waals surface area (Å²) in [4.78, 5) is 45.1. The van der Waals surface area contributed by atoms with E-state index in [2.05, 4.69) is 15.9 Å². The van der Waals surface area contributed by atoms with Gasteiger partial charge in [-0.25, -0.2) is 14.4 Å². The molecule has 0 aromatic carbocycles. The molecule has 6 N–H and O–H groups in total. The van der Waals surface area contributed by atoms with E-state index in [1.54, 1.807) is 0 Å². The van der Waals surface area contributed by atoms with Crippen LogP contribution in [-0.2, 0) is 14.4 Å². The van der Waals surface area contributed by atoms with Crippen molar-refractivity contribution in [1.82, 2.24) is 15.9 Å². The lowest BCUT2D eigenvalue weighted by atomic mass is 9.69. The van der Waals surface area contributed by atoms with Gasteiger partial charge in [0.05, 0.1) is 0 Å². The molecule has 0 bridgehead atoms. The summed E-state index contributed by atoms with van der Waals surface area (Å²) in [5.74, 6) is -3.05. The number of rotatable bonds is 14. The zero-order chi connectivity index (χ0) is 23.1. The molecule has 176 valence electrons. The van der Waals surface area contributed by atoms with Crippen molar-refractivity contribution in [2.24, 2.45) is 0 Å². The number of carbonyl (C=O) groups is 4. The Morgan fingerprint density at radius 1 is 0.806 bits per heavy atom. The van der Waals surface area contributed by atoms with E-state index in [1.807, 2.05) is 0 Å². The highest BCUT2D eigenvalue weighted by atomic mass is 16.4. The van der Waals surface area contributed by atoms with Crippen LogP contribution in [0.5, 0.6) is 0 Å². The van der Waals surface area contributed by atoms with Crippen LogP contribution in [0.25, 0.3) is 0 Å². The molecule has 1 aliphatic rings. The van der Waals surface area contributed by atoms with E-state index in [1.165, 1.54) is 44.9 Å². The molecule has 0 radical (unpaired) electrons. The van der Waals surface area contributed by atoms with E-state index < -0.39 is 42.4 Å². The lowest BCUT2D eigenvalue weighted by Crippen LogP contribution is -2.51. The number of nitrogens with one attached hydrogen (secondary N) is 3. The van der Waals surface area contributed by atoms with Crippen LogP contribution < -0.4 is 15.9 Å². The van der Waals surface area contributed by atoms with Crippen molar-refractivity contribution >= 4 is 31.4 Å². The first kappa shape index (κ1) is 26.7. The van der Waals surface area contributed by atoms with Crippen molar-refractivity contribution in [2.75, 3.05) is 6.54 Å². The highest BCUT2D eigenvalue weighted by Gasteiger charge is 2.24. The van der Waals surface area contributed by atoms with Gasteiger partial charge in [0.25, 0.3) is 0 Å². The molecule has 1 fully saturated rings. The number of carboxylic acids is 3. The Bertz CT molecular complexity index is 583. The fourth-order valence-corrected chi connectivity index (χ4v) is 3.79. The van der Waals surface area contributed by atoms with Crippen molar-refractivity contribution in [3.63, 3.8) is 0 Å². The van der Waals surface area contributed by atoms with Gasteiger partial charge >= 0.3 is 23.9 Å². The summed E-state index contributed by atoms with van der Waals surface area (Å²) in [5, 5.41) is 34.9. The lowest BCUT2D eigenvalue weighted by molar-refractivity contribution is -0.140. The predicted molar refractivity (Wildman–Crippen MR) is 116 cm³/mol. The Labute approximate surface area is 183 Å². The van der Waals surface area contributed by atoms with Crippen molar-refractivity contribution in [3.05, 3.63) is 0 Å². The second-order valence-corrected chi connectivity index (χ2v) is 8.24. The first-order valence-corrected chi connectivity index (χ1v) is 11.2. The quantitative estimate of drug-likeness (QED) is 0.175. The molecule has 1 aliphatic carbocycles. The summed E-state index contributed by atoms with van der Waals surface area (Å²) in [6.07, 6.45) is 9.97. The molecule has 0 heterocycles. The largest absolute Gasteiger partial charge is 0.481 e. The lowest BCUT2D eigenvalue weighted by Gasteiger charge is -2.19. The molecule has 2 atom stereocenters. The van der Waals surface area contributed by atoms with Gasteiger partial charge in [0.1, 0.15) is 12.1 Å². The number of aliphatic carboxylic acids is 3. The normalized spacial score (nSPS) is 16.9. The third-order valence-corrected chi connectivity index (χ3v) is 5.61. The average Bonchev–Trinajstić information content (AvgIpc) is 2.67. The van der Waals surface area contributed by atoms with Gasteiger partial charge in [0.2, 0.25) is 7.41 Å². The van der Waals surface area contributed by atoms with Gasteiger partial charge in [-0.1, -0.05) is 50.8 Å². The number of amides is 2. The number of unbranched alkanes of at least 4 members (excludes halogenated alkanes) is 1. The minimum Gasteiger partial charge on any atom is -0.481 e. The summed E-state index contributed by atoms with van der Waals surface area (Å²) in [6, 6.07) is -3.48. The molecule has 1 rings (SSSR count). The van der Waals surface area contributed by atoms with Crippen molar-refractivity contribution in [2.45, 2.75) is 95.0 Å². The molecule has 0 unspecified atom stereocenters. The van der Waals surface area contributed by atoms with Crippen LogP contribution in [0.3, 0.4) is 0 Å². The highest BCUT2D eigenvalue weighted by molar-refractivity contribution is 6.34. The van der Waals surface area contributed by atoms with E-state index in [0.717, 1.165) is 20.4 Å². The van der Waals surface area contributed by atoms with Crippen LogP contribution in [-0.4, -0.2) is 65.3 Å². The SMILES string of the molecule is O=C(O)CC[C@H](NC(=O)N[C@H](CCCCNBC1CCCCCCC1)C(=O)O)C(=O)O. The fraction of sp³-hybridized carbons (Fsp3) is 0.800. The van der Waals surface area contributed by atoms with E-state index in [0.29, 0.717) is 12.2 Å². The standard InChI is InChI=1S/C20H36BN3O7/c25-17(26)12-11-16(19(29)30)24-20(31)23-15(18(27)28)10-6-7-13-22-21-14-8-4-2-1-3-5-9-14/h14-16,21-22H,1-13H2,(H,25,26)(H,27,28)(H,29,30)(H2,23,24,31)/t15-,16+/m1/s1. The third-order valence-electron chi connectivity index (χ3n) is 5.61. The number of carbonyl (C=O) groups excluding carboxylic acids is 1. The molecule has 0 spiro atoms. The molecule has 31 heavy (non-hydrogen) atoms. The number of hydrogen-bond donors (Lipinski definition) is 6. The molecule has 0 aromatic rings. The number of urea groups is 1. The minimum atomic E-state index is -1.40. The molecule has 11 heteroatoms. The molecule has 10 nitrogen and oxygen atoms in total. The second-order valence-electron chi connectivity index (χ2n) is 8.24. The van der Waals surface area contributed by atoms with Crippen LogP contribution >= 0.6 is 0 Å². The van der Waals surface area contributed by atoms with E-state index in [-0.39, 0.29) is 12.8 Å². The van der Waals surface area contributed by atoms with E-state index >= 15 is 0 Å². The zero-order valence-corrected chi connectivity index (χ0v) is 18.1. The number of hydrogen-bond acceptors (Lipinski definition) is 5. The summed E-state index contributed by atoms with van der Waals surface area (Å²) in [5.41, 5.74) is 0. The monoisotopic (exact) mass is 441 g/mol. The smallest absolute Gasteiger partial charge is 0.326 e. The molecule has 1 saturated carbocycles. The maximum atomic E-state index is 12.0. The predicted octanol–water partition coefficient (Wildman–Crippen LogP) is 1.70. The van der Waals surface area contributed by atoms with Crippen LogP contribution in [0.2, 0.25) is 5.82 Å². The summed E-state index contributed by atoms with van der Waals surface area (Å²) in [6.45, 7) is 0.783. The highest BCUT2D eigenvalue weighted by Crippen LogP contribution is 2.25. The molecule has 0 aliphatic heterocycles. The topological polar surface area (TPSA) is 165 Å². The van der Waals surface area contributed by atoms with Crippen LogP contribution in [0.4, 0.5) is 4.79 Å². The maximum Gasteiger partial charge on any atom is 0.326 e. The van der Waals surface area contributed by atoms with Crippen molar-refractivity contribution < 1.29 is 34.5 Å². The first-order chi connectivity index (χ1) is 14.8. The minimum absolute atomic E-state index is 0.223. The molecule has 0 aromatic heterocycles. The Morgan fingerprint density at radius 2 is 1.35 bits per heavy atom.